The Hall–Kier alpha value is -1.51. The minimum atomic E-state index is -0.329. The van der Waals surface area contributed by atoms with Gasteiger partial charge in [-0.25, -0.2) is 4.79 Å². The zero-order valence-electron chi connectivity index (χ0n) is 9.25. The highest BCUT2D eigenvalue weighted by Crippen LogP contribution is 2.15. The summed E-state index contributed by atoms with van der Waals surface area (Å²) in [5.74, 6) is -0.329. The van der Waals surface area contributed by atoms with Crippen molar-refractivity contribution < 1.29 is 9.53 Å². The van der Waals surface area contributed by atoms with E-state index in [1.54, 1.807) is 12.1 Å². The van der Waals surface area contributed by atoms with E-state index in [1.165, 1.54) is 0 Å². The van der Waals surface area contributed by atoms with Crippen LogP contribution in [0.5, 0.6) is 0 Å². The first-order valence-corrected chi connectivity index (χ1v) is 5.24. The number of carbonyl (C=O) groups excluding carboxylic acids is 1. The van der Waals surface area contributed by atoms with Crippen molar-refractivity contribution in [2.24, 2.45) is 0 Å². The fourth-order valence-corrected chi connectivity index (χ4v) is 1.27. The first kappa shape index (κ1) is 11.6. The Labute approximate surface area is 90.2 Å². The van der Waals surface area contributed by atoms with Crippen LogP contribution in [0, 0.1) is 0 Å². The van der Waals surface area contributed by atoms with Gasteiger partial charge in [-0.3, -0.25) is 0 Å². The predicted molar refractivity (Wildman–Crippen MR) is 60.8 cm³/mol. The molecule has 0 saturated heterocycles. The summed E-state index contributed by atoms with van der Waals surface area (Å²) in [5, 5.41) is 0. The Morgan fingerprint density at radius 1 is 1.40 bits per heavy atom. The molecule has 0 bridgehead atoms. The molecule has 0 heterocycles. The molecule has 0 unspecified atom stereocenters. The highest BCUT2D eigenvalue weighted by atomic mass is 16.5. The van der Waals surface area contributed by atoms with Gasteiger partial charge in [0.1, 0.15) is 0 Å². The lowest BCUT2D eigenvalue weighted by Crippen LogP contribution is -2.09. The van der Waals surface area contributed by atoms with E-state index in [4.69, 9.17) is 10.5 Å². The summed E-state index contributed by atoms with van der Waals surface area (Å²) < 4.78 is 5.04. The first-order chi connectivity index (χ1) is 7.19. The number of rotatable bonds is 4. The highest BCUT2D eigenvalue weighted by molar-refractivity contribution is 5.95. The van der Waals surface area contributed by atoms with Crippen molar-refractivity contribution in [3.8, 4) is 0 Å². The Bertz CT molecular complexity index is 347. The number of ether oxygens (including phenoxy) is 1. The van der Waals surface area contributed by atoms with Gasteiger partial charge in [0.15, 0.2) is 0 Å². The van der Waals surface area contributed by atoms with Crippen molar-refractivity contribution in [2.45, 2.75) is 26.7 Å². The van der Waals surface area contributed by atoms with Gasteiger partial charge in [-0.2, -0.15) is 0 Å². The molecule has 1 aromatic carbocycles. The number of hydrogen-bond acceptors (Lipinski definition) is 3. The molecule has 0 aliphatic heterocycles. The Balaban J connectivity index is 2.86. The second-order valence-electron chi connectivity index (χ2n) is 3.41. The Morgan fingerprint density at radius 2 is 2.13 bits per heavy atom. The number of anilines is 1. The van der Waals surface area contributed by atoms with Gasteiger partial charge in [-0.1, -0.05) is 19.9 Å². The second-order valence-corrected chi connectivity index (χ2v) is 3.41. The molecule has 0 spiro atoms. The summed E-state index contributed by atoms with van der Waals surface area (Å²) in [6.45, 7) is 4.43. The van der Waals surface area contributed by atoms with E-state index < -0.39 is 0 Å². The topological polar surface area (TPSA) is 52.3 Å². The summed E-state index contributed by atoms with van der Waals surface area (Å²) in [6, 6.07) is 5.47. The van der Waals surface area contributed by atoms with Crippen LogP contribution in [-0.4, -0.2) is 12.6 Å². The van der Waals surface area contributed by atoms with Gasteiger partial charge in [-0.15, -0.1) is 0 Å². The Morgan fingerprint density at radius 3 is 2.73 bits per heavy atom. The number of esters is 1. The monoisotopic (exact) mass is 207 g/mol. The average Bonchev–Trinajstić information content (AvgIpc) is 2.26. The smallest absolute Gasteiger partial charge is 0.340 e. The van der Waals surface area contributed by atoms with Crippen molar-refractivity contribution in [1.82, 2.24) is 0 Å². The van der Waals surface area contributed by atoms with Crippen LogP contribution in [0.15, 0.2) is 18.2 Å². The summed E-state index contributed by atoms with van der Waals surface area (Å²) >= 11 is 0. The van der Waals surface area contributed by atoms with Crippen LogP contribution < -0.4 is 5.73 Å². The molecule has 0 fully saturated rings. The van der Waals surface area contributed by atoms with Crippen LogP contribution in [0.2, 0.25) is 0 Å². The Kier molecular flexibility index (Phi) is 4.16. The molecular weight excluding hydrogens is 190 g/mol. The molecule has 15 heavy (non-hydrogen) atoms. The number of aryl methyl sites for hydroxylation is 1. The van der Waals surface area contributed by atoms with Crippen LogP contribution in [0.1, 0.15) is 36.2 Å². The zero-order valence-corrected chi connectivity index (χ0v) is 9.25. The molecular formula is C12H17NO2. The molecule has 82 valence electrons. The maximum Gasteiger partial charge on any atom is 0.340 e. The SMILES string of the molecule is CCCOC(=O)c1cc(CC)ccc1N. The molecule has 0 radical (unpaired) electrons. The van der Waals surface area contributed by atoms with Crippen LogP contribution in [0.25, 0.3) is 0 Å². The van der Waals surface area contributed by atoms with Crippen LogP contribution in [-0.2, 0) is 11.2 Å². The zero-order chi connectivity index (χ0) is 11.3. The molecule has 0 aliphatic rings. The fraction of sp³-hybridized carbons (Fsp3) is 0.417. The minimum absolute atomic E-state index is 0.329. The quantitative estimate of drug-likeness (QED) is 0.609. The molecule has 0 amide bonds. The molecule has 3 heteroatoms. The van der Waals surface area contributed by atoms with Gasteiger partial charge in [0.05, 0.1) is 12.2 Å². The van der Waals surface area contributed by atoms with Crippen molar-refractivity contribution >= 4 is 11.7 Å². The number of carbonyl (C=O) groups is 1. The third kappa shape index (κ3) is 2.98. The first-order valence-electron chi connectivity index (χ1n) is 5.24. The van der Waals surface area contributed by atoms with Gasteiger partial charge in [-0.05, 0) is 30.5 Å². The van der Waals surface area contributed by atoms with Gasteiger partial charge in [0.25, 0.3) is 0 Å². The molecule has 0 saturated carbocycles. The number of nitrogen functional groups attached to an aromatic ring is 1. The summed E-state index contributed by atoms with van der Waals surface area (Å²) in [7, 11) is 0. The summed E-state index contributed by atoms with van der Waals surface area (Å²) in [5.41, 5.74) is 7.76. The number of nitrogens with two attached hydrogens (primary N) is 1. The standard InChI is InChI=1S/C12H17NO2/c1-3-7-15-12(14)10-8-9(4-2)5-6-11(10)13/h5-6,8H,3-4,7,13H2,1-2H3. The third-order valence-electron chi connectivity index (χ3n) is 2.18. The van der Waals surface area contributed by atoms with E-state index in [0.29, 0.717) is 17.9 Å². The maximum atomic E-state index is 11.6. The van der Waals surface area contributed by atoms with E-state index in [1.807, 2.05) is 19.9 Å². The van der Waals surface area contributed by atoms with Gasteiger partial charge in [0, 0.05) is 5.69 Å². The number of benzene rings is 1. The molecule has 0 atom stereocenters. The third-order valence-corrected chi connectivity index (χ3v) is 2.18. The molecule has 3 nitrogen and oxygen atoms in total. The van der Waals surface area contributed by atoms with Crippen molar-refractivity contribution in [3.05, 3.63) is 29.3 Å². The van der Waals surface area contributed by atoms with E-state index in [9.17, 15) is 4.79 Å². The normalized spacial score (nSPS) is 10.0. The van der Waals surface area contributed by atoms with Crippen molar-refractivity contribution in [1.29, 1.82) is 0 Å². The van der Waals surface area contributed by atoms with E-state index in [2.05, 4.69) is 0 Å². The van der Waals surface area contributed by atoms with Crippen molar-refractivity contribution in [2.75, 3.05) is 12.3 Å². The van der Waals surface area contributed by atoms with Crippen LogP contribution in [0.4, 0.5) is 5.69 Å². The lowest BCUT2D eigenvalue weighted by atomic mass is 10.1. The van der Waals surface area contributed by atoms with E-state index in [-0.39, 0.29) is 5.97 Å². The van der Waals surface area contributed by atoms with E-state index >= 15 is 0 Å². The molecule has 0 aromatic heterocycles. The maximum absolute atomic E-state index is 11.6. The lowest BCUT2D eigenvalue weighted by Gasteiger charge is -2.07. The molecule has 0 aliphatic carbocycles. The highest BCUT2D eigenvalue weighted by Gasteiger charge is 2.11. The molecule has 1 rings (SSSR count). The number of hydrogen-bond donors (Lipinski definition) is 1. The van der Waals surface area contributed by atoms with Gasteiger partial charge in [0.2, 0.25) is 0 Å². The average molecular weight is 207 g/mol. The lowest BCUT2D eigenvalue weighted by molar-refractivity contribution is 0.0506. The van der Waals surface area contributed by atoms with Gasteiger partial charge >= 0.3 is 5.97 Å². The van der Waals surface area contributed by atoms with Crippen LogP contribution in [0.3, 0.4) is 0 Å². The van der Waals surface area contributed by atoms with E-state index in [0.717, 1.165) is 18.4 Å². The molecule has 2 N–H and O–H groups in total. The van der Waals surface area contributed by atoms with Crippen molar-refractivity contribution in [3.63, 3.8) is 0 Å². The molecule has 1 aromatic rings. The summed E-state index contributed by atoms with van der Waals surface area (Å²) in [6.07, 6.45) is 1.70. The largest absolute Gasteiger partial charge is 0.462 e. The second kappa shape index (κ2) is 5.39. The predicted octanol–water partition coefficient (Wildman–Crippen LogP) is 2.40. The minimum Gasteiger partial charge on any atom is -0.462 e. The van der Waals surface area contributed by atoms with Gasteiger partial charge < -0.3 is 10.5 Å². The fourth-order valence-electron chi connectivity index (χ4n) is 1.27. The summed E-state index contributed by atoms with van der Waals surface area (Å²) in [4.78, 5) is 11.6. The van der Waals surface area contributed by atoms with Crippen LogP contribution >= 0.6 is 0 Å².